The van der Waals surface area contributed by atoms with Gasteiger partial charge in [0.15, 0.2) is 0 Å². The van der Waals surface area contributed by atoms with Gasteiger partial charge in [-0.3, -0.25) is 4.79 Å². The molecule has 0 saturated heterocycles. The molecule has 0 bridgehead atoms. The summed E-state index contributed by atoms with van der Waals surface area (Å²) >= 11 is 0. The number of nitrogens with one attached hydrogen (secondary N) is 2. The summed E-state index contributed by atoms with van der Waals surface area (Å²) in [5.74, 6) is -1.41. The second-order valence-corrected chi connectivity index (χ2v) is 4.63. The number of rotatable bonds is 7. The highest BCUT2D eigenvalue weighted by atomic mass is 16.5. The fraction of sp³-hybridized carbons (Fsp3) is 0.312. The predicted octanol–water partition coefficient (Wildman–Crippen LogP) is 1.01. The van der Waals surface area contributed by atoms with Crippen LogP contribution in [0, 0.1) is 0 Å². The molecule has 1 amide bonds. The molecule has 7 heteroatoms. The molecule has 0 saturated carbocycles. The summed E-state index contributed by atoms with van der Waals surface area (Å²) in [5.41, 5.74) is 1.63. The monoisotopic (exact) mass is 320 g/mol. The van der Waals surface area contributed by atoms with E-state index in [0.29, 0.717) is 18.7 Å². The van der Waals surface area contributed by atoms with Crippen molar-refractivity contribution < 1.29 is 23.9 Å². The van der Waals surface area contributed by atoms with E-state index >= 15 is 0 Å². The number of esters is 2. The minimum Gasteiger partial charge on any atom is -0.466 e. The molecular weight excluding hydrogens is 300 g/mol. The number of benzene rings is 1. The SMILES string of the molecule is COC(=O)/C=C(/Nc1ccc(CCNC(C)=O)cc1)C(=O)OC. The summed E-state index contributed by atoms with van der Waals surface area (Å²) in [4.78, 5) is 33.7. The molecule has 1 aromatic carbocycles. The van der Waals surface area contributed by atoms with E-state index in [1.54, 1.807) is 12.1 Å². The smallest absolute Gasteiger partial charge is 0.354 e. The Morgan fingerprint density at radius 1 is 1.09 bits per heavy atom. The van der Waals surface area contributed by atoms with Crippen LogP contribution in [0.4, 0.5) is 5.69 Å². The molecule has 0 fully saturated rings. The van der Waals surface area contributed by atoms with Gasteiger partial charge in [0.1, 0.15) is 5.70 Å². The summed E-state index contributed by atoms with van der Waals surface area (Å²) in [5, 5.41) is 5.53. The van der Waals surface area contributed by atoms with Crippen molar-refractivity contribution in [3.8, 4) is 0 Å². The number of hydrogen-bond donors (Lipinski definition) is 2. The predicted molar refractivity (Wildman–Crippen MR) is 84.6 cm³/mol. The summed E-state index contributed by atoms with van der Waals surface area (Å²) < 4.78 is 9.11. The number of amides is 1. The first-order chi connectivity index (χ1) is 11.0. The second-order valence-electron chi connectivity index (χ2n) is 4.63. The van der Waals surface area contributed by atoms with E-state index in [0.717, 1.165) is 11.6 Å². The van der Waals surface area contributed by atoms with Crippen molar-refractivity contribution in [1.82, 2.24) is 5.32 Å². The van der Waals surface area contributed by atoms with E-state index in [1.807, 2.05) is 12.1 Å². The highest BCUT2D eigenvalue weighted by Gasteiger charge is 2.12. The highest BCUT2D eigenvalue weighted by Crippen LogP contribution is 2.13. The molecule has 0 heterocycles. The Bertz CT molecular complexity index is 593. The van der Waals surface area contributed by atoms with Crippen LogP contribution in [0.2, 0.25) is 0 Å². The quantitative estimate of drug-likeness (QED) is 0.575. The highest BCUT2D eigenvalue weighted by molar-refractivity contribution is 5.98. The number of ether oxygens (including phenoxy) is 2. The van der Waals surface area contributed by atoms with Crippen molar-refractivity contribution in [2.75, 3.05) is 26.1 Å². The van der Waals surface area contributed by atoms with Crippen molar-refractivity contribution in [1.29, 1.82) is 0 Å². The van der Waals surface area contributed by atoms with Crippen LogP contribution in [-0.2, 0) is 30.3 Å². The summed E-state index contributed by atoms with van der Waals surface area (Å²) in [7, 11) is 2.44. The number of hydrogen-bond acceptors (Lipinski definition) is 6. The van der Waals surface area contributed by atoms with E-state index in [4.69, 9.17) is 0 Å². The lowest BCUT2D eigenvalue weighted by molar-refractivity contribution is -0.138. The van der Waals surface area contributed by atoms with Gasteiger partial charge in [-0.25, -0.2) is 9.59 Å². The third kappa shape index (κ3) is 6.64. The molecule has 0 aliphatic heterocycles. The standard InChI is InChI=1S/C16H20N2O5/c1-11(19)17-9-8-12-4-6-13(7-5-12)18-14(16(21)23-3)10-15(20)22-2/h4-7,10,18H,8-9H2,1-3H3,(H,17,19)/b14-10+. The van der Waals surface area contributed by atoms with Gasteiger partial charge in [0.2, 0.25) is 5.91 Å². The first-order valence-corrected chi connectivity index (χ1v) is 6.94. The molecule has 0 atom stereocenters. The molecular formula is C16H20N2O5. The number of carbonyl (C=O) groups excluding carboxylic acids is 3. The van der Waals surface area contributed by atoms with Crippen LogP contribution in [0.15, 0.2) is 36.0 Å². The zero-order chi connectivity index (χ0) is 17.2. The maximum absolute atomic E-state index is 11.6. The van der Waals surface area contributed by atoms with E-state index in [2.05, 4.69) is 20.1 Å². The van der Waals surface area contributed by atoms with Gasteiger partial charge in [0, 0.05) is 19.2 Å². The maximum atomic E-state index is 11.6. The molecule has 0 radical (unpaired) electrons. The Morgan fingerprint density at radius 2 is 1.74 bits per heavy atom. The van der Waals surface area contributed by atoms with E-state index in [-0.39, 0.29) is 11.6 Å². The normalized spacial score (nSPS) is 10.7. The van der Waals surface area contributed by atoms with Crippen LogP contribution in [0.5, 0.6) is 0 Å². The molecule has 124 valence electrons. The Hall–Kier alpha value is -2.83. The van der Waals surface area contributed by atoms with Gasteiger partial charge >= 0.3 is 11.9 Å². The van der Waals surface area contributed by atoms with E-state index in [1.165, 1.54) is 21.1 Å². The molecule has 0 aliphatic rings. The lowest BCUT2D eigenvalue weighted by Gasteiger charge is -2.10. The molecule has 23 heavy (non-hydrogen) atoms. The molecule has 0 aliphatic carbocycles. The Balaban J connectivity index is 2.74. The first-order valence-electron chi connectivity index (χ1n) is 6.94. The zero-order valence-corrected chi connectivity index (χ0v) is 13.3. The summed E-state index contributed by atoms with van der Waals surface area (Å²) in [6, 6.07) is 7.24. The number of carbonyl (C=O) groups is 3. The van der Waals surface area contributed by atoms with Gasteiger partial charge < -0.3 is 20.1 Å². The molecule has 2 N–H and O–H groups in total. The van der Waals surface area contributed by atoms with E-state index in [9.17, 15) is 14.4 Å². The van der Waals surface area contributed by atoms with Gasteiger partial charge in [-0.2, -0.15) is 0 Å². The van der Waals surface area contributed by atoms with Gasteiger partial charge in [0.25, 0.3) is 0 Å². The second kappa shape index (κ2) is 9.24. The molecule has 0 unspecified atom stereocenters. The van der Waals surface area contributed by atoms with Gasteiger partial charge in [-0.15, -0.1) is 0 Å². The van der Waals surface area contributed by atoms with Crippen molar-refractivity contribution in [3.63, 3.8) is 0 Å². The topological polar surface area (TPSA) is 93.7 Å². The van der Waals surface area contributed by atoms with Crippen LogP contribution < -0.4 is 10.6 Å². The van der Waals surface area contributed by atoms with Crippen molar-refractivity contribution >= 4 is 23.5 Å². The molecule has 1 aromatic rings. The van der Waals surface area contributed by atoms with Crippen LogP contribution in [0.25, 0.3) is 0 Å². The van der Waals surface area contributed by atoms with Crippen molar-refractivity contribution in [2.24, 2.45) is 0 Å². The molecule has 1 rings (SSSR count). The van der Waals surface area contributed by atoms with Crippen LogP contribution in [0.3, 0.4) is 0 Å². The average molecular weight is 320 g/mol. The van der Waals surface area contributed by atoms with Crippen molar-refractivity contribution in [2.45, 2.75) is 13.3 Å². The lowest BCUT2D eigenvalue weighted by atomic mass is 10.1. The molecule has 7 nitrogen and oxygen atoms in total. The maximum Gasteiger partial charge on any atom is 0.354 e. The van der Waals surface area contributed by atoms with E-state index < -0.39 is 11.9 Å². The minimum atomic E-state index is -0.676. The Kier molecular flexibility index (Phi) is 7.32. The van der Waals surface area contributed by atoms with Crippen LogP contribution in [-0.4, -0.2) is 38.6 Å². The first kappa shape index (κ1) is 18.2. The van der Waals surface area contributed by atoms with Gasteiger partial charge in [-0.05, 0) is 24.1 Å². The fourth-order valence-electron chi connectivity index (χ4n) is 1.73. The molecule has 0 aromatic heterocycles. The van der Waals surface area contributed by atoms with Crippen LogP contribution >= 0.6 is 0 Å². The average Bonchev–Trinajstić information content (AvgIpc) is 2.54. The lowest BCUT2D eigenvalue weighted by Crippen LogP contribution is -2.22. The number of anilines is 1. The Labute approximate surface area is 134 Å². The largest absolute Gasteiger partial charge is 0.466 e. The molecule has 0 spiro atoms. The summed E-state index contributed by atoms with van der Waals surface area (Å²) in [6.07, 6.45) is 1.72. The van der Waals surface area contributed by atoms with Gasteiger partial charge in [-0.1, -0.05) is 12.1 Å². The minimum absolute atomic E-state index is 0.0228. The van der Waals surface area contributed by atoms with Crippen LogP contribution in [0.1, 0.15) is 12.5 Å². The third-order valence-electron chi connectivity index (χ3n) is 2.89. The van der Waals surface area contributed by atoms with Crippen molar-refractivity contribution in [3.05, 3.63) is 41.6 Å². The zero-order valence-electron chi connectivity index (χ0n) is 13.3. The number of methoxy groups -OCH3 is 2. The third-order valence-corrected chi connectivity index (χ3v) is 2.89. The fourth-order valence-corrected chi connectivity index (χ4v) is 1.73. The summed E-state index contributed by atoms with van der Waals surface area (Å²) in [6.45, 7) is 2.02. The van der Waals surface area contributed by atoms with Gasteiger partial charge in [0.05, 0.1) is 20.3 Å². The Morgan fingerprint density at radius 3 is 2.26 bits per heavy atom.